The first-order valence-corrected chi connectivity index (χ1v) is 5.97. The third-order valence-corrected chi connectivity index (χ3v) is 3.20. The maximum absolute atomic E-state index is 13.5. The smallest absolute Gasteiger partial charge is 0.169 e. The van der Waals surface area contributed by atoms with Crippen molar-refractivity contribution >= 4 is 11.0 Å². The lowest BCUT2D eigenvalue weighted by Gasteiger charge is -2.14. The standard InChI is InChI=1S/C14H18FNO/c1-9(7-10(2)16-3)13-8-11-5-4-6-12(15)14(11)17-13/h4-6,8-10,16H,7H2,1-3H3. The van der Waals surface area contributed by atoms with E-state index >= 15 is 0 Å². The molecule has 2 aromatic rings. The zero-order valence-corrected chi connectivity index (χ0v) is 10.5. The molecule has 0 radical (unpaired) electrons. The molecule has 1 aromatic heterocycles. The highest BCUT2D eigenvalue weighted by molar-refractivity contribution is 5.78. The van der Waals surface area contributed by atoms with Gasteiger partial charge in [-0.3, -0.25) is 0 Å². The maximum atomic E-state index is 13.5. The average Bonchev–Trinajstić information content (AvgIpc) is 2.74. The Labute approximate surface area is 101 Å². The van der Waals surface area contributed by atoms with E-state index in [0.29, 0.717) is 11.6 Å². The first-order chi connectivity index (χ1) is 8.11. The Hall–Kier alpha value is -1.35. The second-order valence-corrected chi connectivity index (χ2v) is 4.63. The van der Waals surface area contributed by atoms with Crippen molar-refractivity contribution in [3.8, 4) is 0 Å². The molecule has 2 unspecified atom stereocenters. The Bertz CT molecular complexity index is 506. The van der Waals surface area contributed by atoms with E-state index < -0.39 is 0 Å². The molecule has 0 saturated heterocycles. The Morgan fingerprint density at radius 1 is 1.35 bits per heavy atom. The molecular weight excluding hydrogens is 217 g/mol. The Balaban J connectivity index is 2.27. The van der Waals surface area contributed by atoms with E-state index in [1.54, 1.807) is 6.07 Å². The van der Waals surface area contributed by atoms with Crippen molar-refractivity contribution in [2.45, 2.75) is 32.2 Å². The summed E-state index contributed by atoms with van der Waals surface area (Å²) >= 11 is 0. The van der Waals surface area contributed by atoms with Crippen molar-refractivity contribution in [2.75, 3.05) is 7.05 Å². The molecule has 0 aliphatic rings. The summed E-state index contributed by atoms with van der Waals surface area (Å²) in [7, 11) is 1.94. The molecule has 1 heterocycles. The van der Waals surface area contributed by atoms with Gasteiger partial charge in [0, 0.05) is 17.3 Å². The summed E-state index contributed by atoms with van der Waals surface area (Å²) in [4.78, 5) is 0. The Morgan fingerprint density at radius 3 is 2.76 bits per heavy atom. The minimum atomic E-state index is -0.289. The normalized spacial score (nSPS) is 15.1. The van der Waals surface area contributed by atoms with Crippen molar-refractivity contribution in [3.05, 3.63) is 35.8 Å². The fourth-order valence-electron chi connectivity index (χ4n) is 2.05. The Morgan fingerprint density at radius 2 is 2.12 bits per heavy atom. The van der Waals surface area contributed by atoms with Gasteiger partial charge in [-0.05, 0) is 32.5 Å². The second-order valence-electron chi connectivity index (χ2n) is 4.63. The number of rotatable bonds is 4. The van der Waals surface area contributed by atoms with E-state index in [9.17, 15) is 4.39 Å². The average molecular weight is 235 g/mol. The van der Waals surface area contributed by atoms with E-state index in [-0.39, 0.29) is 11.7 Å². The molecule has 1 aromatic carbocycles. The van der Waals surface area contributed by atoms with E-state index in [4.69, 9.17) is 4.42 Å². The van der Waals surface area contributed by atoms with Crippen LogP contribution in [0.2, 0.25) is 0 Å². The second kappa shape index (κ2) is 4.88. The Kier molecular flexibility index (Phi) is 3.48. The van der Waals surface area contributed by atoms with Crippen LogP contribution in [0.15, 0.2) is 28.7 Å². The molecule has 92 valence electrons. The van der Waals surface area contributed by atoms with Crippen LogP contribution in [0, 0.1) is 5.82 Å². The van der Waals surface area contributed by atoms with Crippen LogP contribution in [0.3, 0.4) is 0 Å². The largest absolute Gasteiger partial charge is 0.458 e. The number of para-hydroxylation sites is 1. The van der Waals surface area contributed by atoms with Gasteiger partial charge in [-0.25, -0.2) is 4.39 Å². The number of furan rings is 1. The molecule has 0 saturated carbocycles. The monoisotopic (exact) mass is 235 g/mol. The van der Waals surface area contributed by atoms with E-state index in [2.05, 4.69) is 19.2 Å². The summed E-state index contributed by atoms with van der Waals surface area (Å²) in [6.45, 7) is 4.23. The van der Waals surface area contributed by atoms with Crippen LogP contribution in [-0.2, 0) is 0 Å². The zero-order chi connectivity index (χ0) is 12.4. The molecule has 2 atom stereocenters. The molecule has 0 aliphatic heterocycles. The summed E-state index contributed by atoms with van der Waals surface area (Å²) in [6.07, 6.45) is 0.970. The molecule has 1 N–H and O–H groups in total. The van der Waals surface area contributed by atoms with Gasteiger partial charge < -0.3 is 9.73 Å². The number of hydrogen-bond donors (Lipinski definition) is 1. The zero-order valence-electron chi connectivity index (χ0n) is 10.5. The van der Waals surface area contributed by atoms with Gasteiger partial charge in [0.25, 0.3) is 0 Å². The van der Waals surface area contributed by atoms with Crippen LogP contribution < -0.4 is 5.32 Å². The lowest BCUT2D eigenvalue weighted by Crippen LogP contribution is -2.22. The summed E-state index contributed by atoms with van der Waals surface area (Å²) in [5, 5.41) is 4.03. The van der Waals surface area contributed by atoms with Gasteiger partial charge in [0.2, 0.25) is 0 Å². The van der Waals surface area contributed by atoms with Crippen molar-refractivity contribution in [1.29, 1.82) is 0 Å². The quantitative estimate of drug-likeness (QED) is 0.874. The van der Waals surface area contributed by atoms with Gasteiger partial charge in [-0.15, -0.1) is 0 Å². The van der Waals surface area contributed by atoms with Gasteiger partial charge in [0.15, 0.2) is 11.4 Å². The maximum Gasteiger partial charge on any atom is 0.169 e. The van der Waals surface area contributed by atoms with E-state index in [1.807, 2.05) is 19.2 Å². The highest BCUT2D eigenvalue weighted by atomic mass is 19.1. The molecule has 0 amide bonds. The van der Waals surface area contributed by atoms with Gasteiger partial charge in [0.1, 0.15) is 5.76 Å². The fourth-order valence-corrected chi connectivity index (χ4v) is 2.05. The van der Waals surface area contributed by atoms with Gasteiger partial charge >= 0.3 is 0 Å². The highest BCUT2D eigenvalue weighted by Crippen LogP contribution is 2.29. The number of benzene rings is 1. The number of hydrogen-bond acceptors (Lipinski definition) is 2. The first kappa shape index (κ1) is 12.1. The molecule has 2 nitrogen and oxygen atoms in total. The SMILES string of the molecule is CNC(C)CC(C)c1cc2cccc(F)c2o1. The molecule has 0 aliphatic carbocycles. The van der Waals surface area contributed by atoms with Crippen molar-refractivity contribution < 1.29 is 8.81 Å². The molecular formula is C14H18FNO. The molecule has 0 spiro atoms. The van der Waals surface area contributed by atoms with Crippen molar-refractivity contribution in [2.24, 2.45) is 0 Å². The molecule has 17 heavy (non-hydrogen) atoms. The predicted molar refractivity (Wildman–Crippen MR) is 67.7 cm³/mol. The van der Waals surface area contributed by atoms with Crippen LogP contribution >= 0.6 is 0 Å². The van der Waals surface area contributed by atoms with E-state index in [1.165, 1.54) is 6.07 Å². The van der Waals surface area contributed by atoms with Crippen LogP contribution in [0.1, 0.15) is 31.9 Å². The minimum absolute atomic E-state index is 0.282. The lowest BCUT2D eigenvalue weighted by molar-refractivity contribution is 0.438. The lowest BCUT2D eigenvalue weighted by atomic mass is 10.0. The molecule has 0 fully saturated rings. The van der Waals surface area contributed by atoms with Crippen molar-refractivity contribution in [3.63, 3.8) is 0 Å². The summed E-state index contributed by atoms with van der Waals surface area (Å²) in [6, 6.07) is 7.36. The third-order valence-electron chi connectivity index (χ3n) is 3.20. The summed E-state index contributed by atoms with van der Waals surface area (Å²) < 4.78 is 19.1. The van der Waals surface area contributed by atoms with Crippen molar-refractivity contribution in [1.82, 2.24) is 5.32 Å². The number of halogens is 1. The summed E-state index contributed by atoms with van der Waals surface area (Å²) in [5.41, 5.74) is 0.367. The van der Waals surface area contributed by atoms with Gasteiger partial charge in [-0.2, -0.15) is 0 Å². The summed E-state index contributed by atoms with van der Waals surface area (Å²) in [5.74, 6) is 0.846. The van der Waals surface area contributed by atoms with Crippen LogP contribution in [-0.4, -0.2) is 13.1 Å². The number of fused-ring (bicyclic) bond motifs is 1. The highest BCUT2D eigenvalue weighted by Gasteiger charge is 2.15. The van der Waals surface area contributed by atoms with E-state index in [0.717, 1.165) is 17.6 Å². The first-order valence-electron chi connectivity index (χ1n) is 5.97. The van der Waals surface area contributed by atoms with Gasteiger partial charge in [-0.1, -0.05) is 19.1 Å². The van der Waals surface area contributed by atoms with Crippen LogP contribution in [0.4, 0.5) is 4.39 Å². The molecule has 0 bridgehead atoms. The topological polar surface area (TPSA) is 25.2 Å². The van der Waals surface area contributed by atoms with Crippen LogP contribution in [0.5, 0.6) is 0 Å². The van der Waals surface area contributed by atoms with Crippen LogP contribution in [0.25, 0.3) is 11.0 Å². The predicted octanol–water partition coefficient (Wildman–Crippen LogP) is 3.67. The molecule has 3 heteroatoms. The third kappa shape index (κ3) is 2.50. The minimum Gasteiger partial charge on any atom is -0.458 e. The number of nitrogens with one attached hydrogen (secondary N) is 1. The van der Waals surface area contributed by atoms with Gasteiger partial charge in [0.05, 0.1) is 0 Å². The molecule has 2 rings (SSSR count). The fraction of sp³-hybridized carbons (Fsp3) is 0.429.